The molecule has 2 rings (SSSR count). The van der Waals surface area contributed by atoms with E-state index in [1.54, 1.807) is 0 Å². The topological polar surface area (TPSA) is 62.9 Å². The van der Waals surface area contributed by atoms with Crippen LogP contribution in [0.25, 0.3) is 0 Å². The lowest BCUT2D eigenvalue weighted by Crippen LogP contribution is -2.42. The van der Waals surface area contributed by atoms with Gasteiger partial charge in [0.05, 0.1) is 13.2 Å². The second-order valence-electron chi connectivity index (χ2n) is 6.86. The molecule has 24 heavy (non-hydrogen) atoms. The van der Waals surface area contributed by atoms with Crippen LogP contribution in [0.3, 0.4) is 0 Å². The second-order valence-corrected chi connectivity index (χ2v) is 6.86. The van der Waals surface area contributed by atoms with E-state index in [1.165, 1.54) is 19.4 Å². The maximum Gasteiger partial charge on any atom is 0.188 e. The van der Waals surface area contributed by atoms with Crippen LogP contribution in [0.15, 0.2) is 29.3 Å². The van der Waals surface area contributed by atoms with Gasteiger partial charge in [-0.25, -0.2) is 4.99 Å². The number of nitrogens with two attached hydrogens (primary N) is 1. The zero-order valence-corrected chi connectivity index (χ0v) is 15.3. The van der Waals surface area contributed by atoms with E-state index in [9.17, 15) is 0 Å². The first-order valence-corrected chi connectivity index (χ1v) is 9.08. The van der Waals surface area contributed by atoms with Crippen LogP contribution < -0.4 is 15.8 Å². The summed E-state index contributed by atoms with van der Waals surface area (Å²) in [4.78, 5) is 6.95. The van der Waals surface area contributed by atoms with Gasteiger partial charge in [0.15, 0.2) is 5.96 Å². The number of likely N-dealkylation sites (tertiary alicyclic amines) is 1. The number of hydrogen-bond acceptors (Lipinski definition) is 3. The first-order valence-electron chi connectivity index (χ1n) is 9.08. The van der Waals surface area contributed by atoms with Crippen molar-refractivity contribution >= 4 is 5.96 Å². The summed E-state index contributed by atoms with van der Waals surface area (Å²) in [6.45, 7) is 11.0. The third kappa shape index (κ3) is 6.04. The Morgan fingerprint density at radius 3 is 3.04 bits per heavy atom. The molecular weight excluding hydrogens is 300 g/mol. The van der Waals surface area contributed by atoms with Crippen molar-refractivity contribution in [3.8, 4) is 5.75 Å². The van der Waals surface area contributed by atoms with Crippen molar-refractivity contribution in [2.45, 2.75) is 46.2 Å². The third-order valence-electron chi connectivity index (χ3n) is 4.34. The molecule has 0 amide bonds. The van der Waals surface area contributed by atoms with Crippen LogP contribution in [0.2, 0.25) is 0 Å². The SMILES string of the molecule is CCN1CCCC1CNC(N)=NCc1cccc(OCC(C)C)c1. The predicted molar refractivity (Wildman–Crippen MR) is 100 cm³/mol. The van der Waals surface area contributed by atoms with Gasteiger partial charge in [0.2, 0.25) is 0 Å². The zero-order chi connectivity index (χ0) is 17.4. The molecule has 0 radical (unpaired) electrons. The van der Waals surface area contributed by atoms with E-state index in [4.69, 9.17) is 10.5 Å². The Morgan fingerprint density at radius 2 is 2.29 bits per heavy atom. The first-order chi connectivity index (χ1) is 11.6. The molecule has 5 heteroatoms. The molecule has 1 fully saturated rings. The molecule has 1 aromatic carbocycles. The molecule has 0 aliphatic carbocycles. The Morgan fingerprint density at radius 1 is 1.46 bits per heavy atom. The van der Waals surface area contributed by atoms with Crippen LogP contribution in [0.1, 0.15) is 39.2 Å². The minimum absolute atomic E-state index is 0.518. The van der Waals surface area contributed by atoms with Crippen molar-refractivity contribution in [2.24, 2.45) is 16.6 Å². The Hall–Kier alpha value is -1.75. The van der Waals surface area contributed by atoms with E-state index in [2.05, 4.69) is 42.0 Å². The molecule has 0 saturated carbocycles. The Balaban J connectivity index is 1.80. The number of rotatable bonds is 8. The summed E-state index contributed by atoms with van der Waals surface area (Å²) in [5.74, 6) is 1.93. The van der Waals surface area contributed by atoms with Crippen LogP contribution in [0.5, 0.6) is 5.75 Å². The zero-order valence-electron chi connectivity index (χ0n) is 15.3. The highest BCUT2D eigenvalue weighted by Crippen LogP contribution is 2.16. The largest absolute Gasteiger partial charge is 0.493 e. The van der Waals surface area contributed by atoms with E-state index < -0.39 is 0 Å². The Labute approximate surface area is 146 Å². The minimum Gasteiger partial charge on any atom is -0.493 e. The number of ether oxygens (including phenoxy) is 1. The molecule has 1 saturated heterocycles. The summed E-state index contributed by atoms with van der Waals surface area (Å²) < 4.78 is 5.75. The normalized spacial score (nSPS) is 19.0. The molecule has 1 heterocycles. The fourth-order valence-electron chi connectivity index (χ4n) is 2.99. The molecule has 3 N–H and O–H groups in total. The average molecular weight is 332 g/mol. The summed E-state index contributed by atoms with van der Waals surface area (Å²) in [6, 6.07) is 8.65. The molecule has 0 bridgehead atoms. The first kappa shape index (κ1) is 18.6. The van der Waals surface area contributed by atoms with Gasteiger partial charge in [-0.05, 0) is 49.5 Å². The van der Waals surface area contributed by atoms with Crippen molar-refractivity contribution in [3.63, 3.8) is 0 Å². The monoisotopic (exact) mass is 332 g/mol. The van der Waals surface area contributed by atoms with Gasteiger partial charge >= 0.3 is 0 Å². The molecule has 1 aliphatic rings. The lowest BCUT2D eigenvalue weighted by atomic mass is 10.2. The summed E-state index contributed by atoms with van der Waals surface area (Å²) in [6.07, 6.45) is 2.52. The third-order valence-corrected chi connectivity index (χ3v) is 4.34. The highest BCUT2D eigenvalue weighted by atomic mass is 16.5. The molecule has 1 aliphatic heterocycles. The molecule has 5 nitrogen and oxygen atoms in total. The maximum atomic E-state index is 6.01. The number of aliphatic imine (C=N–C) groups is 1. The van der Waals surface area contributed by atoms with Crippen LogP contribution in [0.4, 0.5) is 0 Å². The van der Waals surface area contributed by atoms with Crippen LogP contribution >= 0.6 is 0 Å². The van der Waals surface area contributed by atoms with Crippen molar-refractivity contribution in [1.82, 2.24) is 10.2 Å². The molecule has 1 unspecified atom stereocenters. The predicted octanol–water partition coefficient (Wildman–Crippen LogP) is 2.61. The fourth-order valence-corrected chi connectivity index (χ4v) is 2.99. The highest BCUT2D eigenvalue weighted by molar-refractivity contribution is 5.77. The number of guanidine groups is 1. The van der Waals surface area contributed by atoms with Crippen molar-refractivity contribution in [2.75, 3.05) is 26.2 Å². The van der Waals surface area contributed by atoms with Crippen LogP contribution in [0, 0.1) is 5.92 Å². The number of hydrogen-bond donors (Lipinski definition) is 2. The van der Waals surface area contributed by atoms with E-state index in [1.807, 2.05) is 18.2 Å². The van der Waals surface area contributed by atoms with Gasteiger partial charge in [-0.1, -0.05) is 32.9 Å². The highest BCUT2D eigenvalue weighted by Gasteiger charge is 2.22. The van der Waals surface area contributed by atoms with Crippen molar-refractivity contribution in [1.29, 1.82) is 0 Å². The summed E-state index contributed by atoms with van der Waals surface area (Å²) in [7, 11) is 0. The number of likely N-dealkylation sites (N-methyl/N-ethyl adjacent to an activating group) is 1. The standard InChI is InChI=1S/C19H32N4O/c1-4-23-10-6-8-17(23)13-22-19(20)21-12-16-7-5-9-18(11-16)24-14-15(2)3/h5,7,9,11,15,17H,4,6,8,10,12-14H2,1-3H3,(H3,20,21,22). The van der Waals surface area contributed by atoms with Gasteiger partial charge in [-0.3, -0.25) is 4.90 Å². The Bertz CT molecular complexity index is 530. The fraction of sp³-hybridized carbons (Fsp3) is 0.632. The van der Waals surface area contributed by atoms with Crippen LogP contribution in [-0.4, -0.2) is 43.1 Å². The molecule has 0 aromatic heterocycles. The lowest BCUT2D eigenvalue weighted by Gasteiger charge is -2.23. The number of nitrogens with zero attached hydrogens (tertiary/aromatic N) is 2. The van der Waals surface area contributed by atoms with Crippen molar-refractivity contribution in [3.05, 3.63) is 29.8 Å². The maximum absolute atomic E-state index is 6.01. The lowest BCUT2D eigenvalue weighted by molar-refractivity contribution is 0.267. The summed E-state index contributed by atoms with van der Waals surface area (Å²) >= 11 is 0. The van der Waals surface area contributed by atoms with Gasteiger partial charge in [0.1, 0.15) is 5.75 Å². The van der Waals surface area contributed by atoms with E-state index in [0.29, 0.717) is 24.5 Å². The number of benzene rings is 1. The van der Waals surface area contributed by atoms with Gasteiger partial charge < -0.3 is 15.8 Å². The smallest absolute Gasteiger partial charge is 0.188 e. The van der Waals surface area contributed by atoms with E-state index in [0.717, 1.165) is 31.0 Å². The average Bonchev–Trinajstić information content (AvgIpc) is 3.04. The number of nitrogens with one attached hydrogen (secondary N) is 1. The van der Waals surface area contributed by atoms with E-state index >= 15 is 0 Å². The van der Waals surface area contributed by atoms with Crippen molar-refractivity contribution < 1.29 is 4.74 Å². The van der Waals surface area contributed by atoms with Gasteiger partial charge in [-0.15, -0.1) is 0 Å². The molecule has 0 spiro atoms. The molecular formula is C19H32N4O. The van der Waals surface area contributed by atoms with Gasteiger partial charge in [0.25, 0.3) is 0 Å². The van der Waals surface area contributed by atoms with Crippen LogP contribution in [-0.2, 0) is 6.54 Å². The quantitative estimate of drug-likeness (QED) is 0.567. The molecule has 134 valence electrons. The minimum atomic E-state index is 0.518. The molecule has 1 aromatic rings. The van der Waals surface area contributed by atoms with E-state index in [-0.39, 0.29) is 0 Å². The summed E-state index contributed by atoms with van der Waals surface area (Å²) in [5, 5.41) is 3.27. The van der Waals surface area contributed by atoms with Gasteiger partial charge in [-0.2, -0.15) is 0 Å². The molecule has 1 atom stereocenters. The summed E-state index contributed by atoms with van der Waals surface area (Å²) in [5.41, 5.74) is 7.12. The Kier molecular flexibility index (Phi) is 7.37. The second kappa shape index (κ2) is 9.52. The van der Waals surface area contributed by atoms with Gasteiger partial charge in [0, 0.05) is 12.6 Å².